The summed E-state index contributed by atoms with van der Waals surface area (Å²) in [5, 5.41) is 18.0. The van der Waals surface area contributed by atoms with Crippen molar-refractivity contribution in [2.45, 2.75) is 39.5 Å². The molecule has 0 radical (unpaired) electrons. The summed E-state index contributed by atoms with van der Waals surface area (Å²) in [5.74, 6) is -0.315. The van der Waals surface area contributed by atoms with Gasteiger partial charge in [0.25, 0.3) is 5.91 Å². The first-order chi connectivity index (χ1) is 21.1. The van der Waals surface area contributed by atoms with Crippen LogP contribution in [0.25, 0.3) is 10.9 Å². The van der Waals surface area contributed by atoms with Gasteiger partial charge in [0.2, 0.25) is 0 Å². The van der Waals surface area contributed by atoms with Crippen LogP contribution in [0.15, 0.2) is 102 Å². The predicted molar refractivity (Wildman–Crippen MR) is 174 cm³/mol. The molecule has 0 aliphatic rings. The van der Waals surface area contributed by atoms with Crippen LogP contribution in [0.4, 0.5) is 10.5 Å². The van der Waals surface area contributed by atoms with Gasteiger partial charge in [-0.15, -0.1) is 0 Å². The minimum atomic E-state index is -0.577. The number of alkyl carbamates (subject to hydrolysis) is 1. The Morgan fingerprint density at radius 3 is 2.27 bits per heavy atom. The normalized spacial score (nSPS) is 11.8. The number of nitrogens with zero attached hydrogens (tertiary/aromatic N) is 1. The number of fused-ring (bicyclic) bond motifs is 1. The van der Waals surface area contributed by atoms with Gasteiger partial charge in [-0.3, -0.25) is 4.79 Å². The number of hydrogen-bond acceptors (Lipinski definition) is 5. The molecule has 5 rings (SSSR count). The van der Waals surface area contributed by atoms with Crippen LogP contribution in [0, 0.1) is 0 Å². The van der Waals surface area contributed by atoms with Gasteiger partial charge in [-0.25, -0.2) is 9.79 Å². The molecule has 0 atom stereocenters. The number of aromatic hydroxyl groups is 1. The third-order valence-electron chi connectivity index (χ3n) is 6.68. The third kappa shape index (κ3) is 7.65. The Labute approximate surface area is 260 Å². The molecule has 0 saturated carbocycles. The number of aromatic amines is 1. The number of benzene rings is 4. The number of aliphatic imine (C=N–C) groups is 1. The van der Waals surface area contributed by atoms with Crippen LogP contribution in [-0.4, -0.2) is 33.4 Å². The van der Waals surface area contributed by atoms with Crippen LogP contribution >= 0.6 is 11.6 Å². The van der Waals surface area contributed by atoms with Gasteiger partial charge >= 0.3 is 6.09 Å². The number of amides is 2. The molecule has 2 amide bonds. The fraction of sp³-hybridized carbons (Fsp3) is 0.171. The highest BCUT2D eigenvalue weighted by Gasteiger charge is 2.20. The summed E-state index contributed by atoms with van der Waals surface area (Å²) >= 11 is 6.08. The Bertz CT molecular complexity index is 1820. The lowest BCUT2D eigenvalue weighted by Crippen LogP contribution is -2.32. The van der Waals surface area contributed by atoms with Gasteiger partial charge in [0.1, 0.15) is 5.60 Å². The smallest absolute Gasteiger partial charge is 0.407 e. The number of ether oxygens (including phenoxy) is 1. The van der Waals surface area contributed by atoms with Crippen molar-refractivity contribution in [1.82, 2.24) is 15.6 Å². The van der Waals surface area contributed by atoms with Crippen LogP contribution in [0.3, 0.4) is 0 Å². The number of aromatic nitrogens is 1. The van der Waals surface area contributed by atoms with Crippen LogP contribution in [-0.2, 0) is 17.8 Å². The Hall–Kier alpha value is -5.08. The van der Waals surface area contributed by atoms with Gasteiger partial charge in [0.05, 0.1) is 17.0 Å². The summed E-state index contributed by atoms with van der Waals surface area (Å²) in [6.07, 6.45) is -0.488. The van der Waals surface area contributed by atoms with Gasteiger partial charge in [-0.2, -0.15) is 0 Å². The Balaban J connectivity index is 1.44. The zero-order chi connectivity index (χ0) is 31.3. The summed E-state index contributed by atoms with van der Waals surface area (Å²) in [6, 6.07) is 29.5. The average molecular weight is 609 g/mol. The van der Waals surface area contributed by atoms with E-state index in [-0.39, 0.29) is 11.8 Å². The maximum atomic E-state index is 13.1. The Morgan fingerprint density at radius 2 is 1.57 bits per heavy atom. The maximum Gasteiger partial charge on any atom is 0.407 e. The van der Waals surface area contributed by atoms with E-state index >= 15 is 0 Å². The van der Waals surface area contributed by atoms with E-state index < -0.39 is 11.7 Å². The van der Waals surface area contributed by atoms with Crippen LogP contribution in [0.1, 0.15) is 53.4 Å². The predicted octanol–water partition coefficient (Wildman–Crippen LogP) is 7.65. The lowest BCUT2D eigenvalue weighted by molar-refractivity contribution is 0.0523. The molecule has 0 aliphatic heterocycles. The molecular formula is C35H33ClN4O4. The van der Waals surface area contributed by atoms with Gasteiger partial charge < -0.3 is 25.5 Å². The molecule has 1 aromatic heterocycles. The van der Waals surface area contributed by atoms with E-state index in [0.29, 0.717) is 51.5 Å². The van der Waals surface area contributed by atoms with E-state index in [1.54, 1.807) is 30.3 Å². The van der Waals surface area contributed by atoms with E-state index in [9.17, 15) is 14.7 Å². The number of carbonyl (C=O) groups is 2. The number of hydrogen-bond donors (Lipinski definition) is 4. The molecule has 9 heteroatoms. The summed E-state index contributed by atoms with van der Waals surface area (Å²) < 4.78 is 5.31. The number of nitrogens with one attached hydrogen (secondary N) is 3. The van der Waals surface area contributed by atoms with Gasteiger partial charge in [-0.1, -0.05) is 66.2 Å². The van der Waals surface area contributed by atoms with Crippen LogP contribution in [0.5, 0.6) is 5.88 Å². The van der Waals surface area contributed by atoms with E-state index in [1.165, 1.54) is 0 Å². The largest absolute Gasteiger partial charge is 0.494 e. The highest BCUT2D eigenvalue weighted by atomic mass is 35.5. The molecule has 224 valence electrons. The lowest BCUT2D eigenvalue weighted by Gasteiger charge is -2.19. The molecule has 5 aromatic rings. The standard InChI is InChI=1S/C35H33ClN4O4/c1-35(2,3)44-34(43)38-20-22-12-15-27(16-13-22)39-31(24-9-5-4-6-10-24)30-28-19-25(14-17-29(28)40-33(30)42)32(41)37-21-23-8-7-11-26(36)18-23/h4-19,40,42H,20-21H2,1-3H3,(H,37,41)(H,38,43). The number of carbonyl (C=O) groups excluding carboxylic acids is 2. The first kappa shape index (κ1) is 30.4. The minimum Gasteiger partial charge on any atom is -0.494 e. The maximum absolute atomic E-state index is 13.1. The van der Waals surface area contributed by atoms with Gasteiger partial charge in [0, 0.05) is 40.1 Å². The molecule has 0 unspecified atom stereocenters. The molecular weight excluding hydrogens is 576 g/mol. The molecule has 1 heterocycles. The minimum absolute atomic E-state index is 0.0581. The Morgan fingerprint density at radius 1 is 0.841 bits per heavy atom. The van der Waals surface area contributed by atoms with Gasteiger partial charge in [-0.05, 0) is 74.4 Å². The zero-order valence-electron chi connectivity index (χ0n) is 24.6. The number of H-pyrrole nitrogens is 1. The fourth-order valence-electron chi connectivity index (χ4n) is 4.66. The summed E-state index contributed by atoms with van der Waals surface area (Å²) in [7, 11) is 0. The van der Waals surface area contributed by atoms with Crippen LogP contribution < -0.4 is 10.6 Å². The van der Waals surface area contributed by atoms with Crippen molar-refractivity contribution in [3.63, 3.8) is 0 Å². The van der Waals surface area contributed by atoms with E-state index in [1.807, 2.05) is 87.5 Å². The number of rotatable bonds is 8. The van der Waals surface area contributed by atoms with E-state index in [4.69, 9.17) is 21.3 Å². The van der Waals surface area contributed by atoms with Crippen molar-refractivity contribution in [2.24, 2.45) is 4.99 Å². The van der Waals surface area contributed by atoms with Crippen molar-refractivity contribution in [3.8, 4) is 5.88 Å². The molecule has 0 fully saturated rings. The molecule has 44 heavy (non-hydrogen) atoms. The molecule has 4 N–H and O–H groups in total. The molecule has 0 bridgehead atoms. The second-order valence-corrected chi connectivity index (χ2v) is 11.7. The third-order valence-corrected chi connectivity index (χ3v) is 6.92. The summed E-state index contributed by atoms with van der Waals surface area (Å²) in [4.78, 5) is 33.1. The number of halogens is 1. The van der Waals surface area contributed by atoms with Crippen molar-refractivity contribution in [1.29, 1.82) is 0 Å². The first-order valence-corrected chi connectivity index (χ1v) is 14.5. The molecule has 0 spiro atoms. The summed E-state index contributed by atoms with van der Waals surface area (Å²) in [6.45, 7) is 6.06. The molecule has 8 nitrogen and oxygen atoms in total. The zero-order valence-corrected chi connectivity index (χ0v) is 25.4. The lowest BCUT2D eigenvalue weighted by atomic mass is 9.99. The van der Waals surface area contributed by atoms with Crippen molar-refractivity contribution < 1.29 is 19.4 Å². The van der Waals surface area contributed by atoms with Crippen molar-refractivity contribution in [3.05, 3.63) is 130 Å². The Kier molecular flexibility index (Phi) is 9.01. The van der Waals surface area contributed by atoms with Crippen molar-refractivity contribution in [2.75, 3.05) is 0 Å². The topological polar surface area (TPSA) is 116 Å². The fourth-order valence-corrected chi connectivity index (χ4v) is 4.87. The average Bonchev–Trinajstić information content (AvgIpc) is 3.32. The molecule has 0 saturated heterocycles. The van der Waals surface area contributed by atoms with Crippen molar-refractivity contribution >= 4 is 45.9 Å². The molecule has 4 aromatic carbocycles. The second-order valence-electron chi connectivity index (χ2n) is 11.3. The summed E-state index contributed by atoms with van der Waals surface area (Å²) in [5.41, 5.74) is 4.73. The van der Waals surface area contributed by atoms with Crippen LogP contribution in [0.2, 0.25) is 5.02 Å². The monoisotopic (exact) mass is 608 g/mol. The molecule has 0 aliphatic carbocycles. The van der Waals surface area contributed by atoms with E-state index in [2.05, 4.69) is 15.6 Å². The quantitative estimate of drug-likeness (QED) is 0.135. The first-order valence-electron chi connectivity index (χ1n) is 14.1. The second kappa shape index (κ2) is 13.1. The highest BCUT2D eigenvalue weighted by molar-refractivity contribution is 6.30. The highest BCUT2D eigenvalue weighted by Crippen LogP contribution is 2.32. The van der Waals surface area contributed by atoms with Gasteiger partial charge in [0.15, 0.2) is 5.88 Å². The SMILES string of the molecule is CC(C)(C)OC(=O)NCc1ccc(N=C(c2ccccc2)c2c(O)[nH]c3ccc(C(=O)NCc4cccc(Cl)c4)cc23)cc1. The van der Waals surface area contributed by atoms with E-state index in [0.717, 1.165) is 16.7 Å².